The number of hydrogen-bond acceptors (Lipinski definition) is 4. The average molecular weight is 423 g/mol. The van der Waals surface area contributed by atoms with Crippen LogP contribution in [-0.4, -0.2) is 27.3 Å². The quantitative estimate of drug-likeness (QED) is 0.659. The van der Waals surface area contributed by atoms with Crippen LogP contribution in [0.15, 0.2) is 52.0 Å². The first-order chi connectivity index (χ1) is 11.9. The molecule has 1 aromatic heterocycles. The van der Waals surface area contributed by atoms with E-state index in [1.165, 1.54) is 16.5 Å². The third kappa shape index (κ3) is 4.21. The fraction of sp³-hybridized carbons (Fsp3) is 0.222. The third-order valence-corrected chi connectivity index (χ3v) is 5.06. The number of fused-ring (bicyclic) bond motifs is 1. The van der Waals surface area contributed by atoms with Crippen LogP contribution < -0.4 is 10.9 Å². The zero-order valence-electron chi connectivity index (χ0n) is 13.5. The number of aromatic nitrogens is 2. The molecule has 130 valence electrons. The number of aryl methyl sites for hydroxylation is 1. The summed E-state index contributed by atoms with van der Waals surface area (Å²) in [4.78, 5) is 16.8. The van der Waals surface area contributed by atoms with Gasteiger partial charge in [-0.05, 0) is 47.1 Å². The number of benzene rings is 2. The average Bonchev–Trinajstić information content (AvgIpc) is 2.59. The van der Waals surface area contributed by atoms with Gasteiger partial charge in [-0.15, -0.1) is 0 Å². The van der Waals surface area contributed by atoms with Crippen molar-refractivity contribution in [3.8, 4) is 0 Å². The van der Waals surface area contributed by atoms with Crippen LogP contribution in [0.5, 0.6) is 0 Å². The maximum absolute atomic E-state index is 12.6. The van der Waals surface area contributed by atoms with Gasteiger partial charge in [0.15, 0.2) is 0 Å². The zero-order chi connectivity index (χ0) is 18.0. The predicted octanol–water partition coefficient (Wildman–Crippen LogP) is 3.59. The first-order valence-electron chi connectivity index (χ1n) is 7.77. The number of hydrogen-bond donors (Lipinski definition) is 2. The number of aliphatic hydroxyl groups is 1. The van der Waals surface area contributed by atoms with Crippen molar-refractivity contribution in [1.82, 2.24) is 9.55 Å². The molecule has 3 rings (SSSR count). The van der Waals surface area contributed by atoms with Gasteiger partial charge in [-0.1, -0.05) is 29.3 Å². The summed E-state index contributed by atoms with van der Waals surface area (Å²) in [7, 11) is 0. The molecular formula is C18H17BrClN3O2. The van der Waals surface area contributed by atoms with E-state index in [4.69, 9.17) is 11.6 Å². The summed E-state index contributed by atoms with van der Waals surface area (Å²) in [6, 6.07) is 11.2. The summed E-state index contributed by atoms with van der Waals surface area (Å²) < 4.78 is 2.09. The Bertz CT molecular complexity index is 957. The molecule has 0 saturated carbocycles. The van der Waals surface area contributed by atoms with Crippen LogP contribution in [0.1, 0.15) is 5.56 Å². The van der Waals surface area contributed by atoms with Gasteiger partial charge in [-0.2, -0.15) is 0 Å². The fourth-order valence-electron chi connectivity index (χ4n) is 2.48. The smallest absolute Gasteiger partial charge is 0.261 e. The maximum atomic E-state index is 12.6. The highest BCUT2D eigenvalue weighted by Crippen LogP contribution is 2.25. The van der Waals surface area contributed by atoms with E-state index < -0.39 is 6.10 Å². The van der Waals surface area contributed by atoms with Crippen molar-refractivity contribution in [2.45, 2.75) is 19.6 Å². The van der Waals surface area contributed by atoms with Crippen molar-refractivity contribution in [2.24, 2.45) is 0 Å². The highest BCUT2D eigenvalue weighted by molar-refractivity contribution is 9.10. The number of nitrogens with one attached hydrogen (secondary N) is 1. The second-order valence-corrected chi connectivity index (χ2v) is 7.15. The zero-order valence-corrected chi connectivity index (χ0v) is 15.9. The summed E-state index contributed by atoms with van der Waals surface area (Å²) in [5.74, 6) is 0. The van der Waals surface area contributed by atoms with Crippen molar-refractivity contribution in [2.75, 3.05) is 11.9 Å². The molecule has 0 aliphatic heterocycles. The summed E-state index contributed by atoms with van der Waals surface area (Å²) in [6.07, 6.45) is 0.712. The largest absolute Gasteiger partial charge is 0.389 e. The molecule has 1 atom stereocenters. The number of rotatable bonds is 5. The number of anilines is 1. The van der Waals surface area contributed by atoms with Gasteiger partial charge in [0.1, 0.15) is 0 Å². The summed E-state index contributed by atoms with van der Waals surface area (Å²) in [5, 5.41) is 14.3. The first kappa shape index (κ1) is 17.9. The van der Waals surface area contributed by atoms with Crippen molar-refractivity contribution in [3.05, 3.63) is 68.1 Å². The van der Waals surface area contributed by atoms with Crippen LogP contribution in [0.2, 0.25) is 5.02 Å². The maximum Gasteiger partial charge on any atom is 0.261 e. The second-order valence-electron chi connectivity index (χ2n) is 5.89. The lowest BCUT2D eigenvalue weighted by Crippen LogP contribution is -2.31. The van der Waals surface area contributed by atoms with Gasteiger partial charge in [-0.25, -0.2) is 4.98 Å². The molecule has 2 N–H and O–H groups in total. The Morgan fingerprint density at radius 3 is 2.76 bits per heavy atom. The van der Waals surface area contributed by atoms with Crippen LogP contribution in [0.3, 0.4) is 0 Å². The highest BCUT2D eigenvalue weighted by Gasteiger charge is 2.11. The lowest BCUT2D eigenvalue weighted by atomic mass is 10.2. The SMILES string of the molecule is Cc1ccc(NC[C@H](O)Cn2cnc3cc(Br)c(Cl)cc3c2=O)cc1. The molecule has 5 nitrogen and oxygen atoms in total. The van der Waals surface area contributed by atoms with E-state index in [1.54, 1.807) is 12.1 Å². The van der Waals surface area contributed by atoms with Crippen LogP contribution in [0.4, 0.5) is 5.69 Å². The molecule has 0 amide bonds. The lowest BCUT2D eigenvalue weighted by molar-refractivity contribution is 0.165. The molecule has 0 bridgehead atoms. The van der Waals surface area contributed by atoms with Gasteiger partial charge in [-0.3, -0.25) is 9.36 Å². The molecule has 0 saturated heterocycles. The Morgan fingerprint density at radius 2 is 2.04 bits per heavy atom. The van der Waals surface area contributed by atoms with E-state index in [9.17, 15) is 9.90 Å². The van der Waals surface area contributed by atoms with E-state index >= 15 is 0 Å². The Morgan fingerprint density at radius 1 is 1.32 bits per heavy atom. The normalized spacial score (nSPS) is 12.3. The van der Waals surface area contributed by atoms with Gasteiger partial charge >= 0.3 is 0 Å². The minimum absolute atomic E-state index is 0.147. The van der Waals surface area contributed by atoms with Gasteiger partial charge in [0.2, 0.25) is 0 Å². The van der Waals surface area contributed by atoms with Gasteiger partial charge in [0.25, 0.3) is 5.56 Å². The molecule has 25 heavy (non-hydrogen) atoms. The molecule has 0 fully saturated rings. The van der Waals surface area contributed by atoms with Gasteiger partial charge < -0.3 is 10.4 Å². The Balaban J connectivity index is 1.73. The molecule has 7 heteroatoms. The number of aliphatic hydroxyl groups excluding tert-OH is 1. The summed E-state index contributed by atoms with van der Waals surface area (Å²) in [5.41, 5.74) is 2.43. The van der Waals surface area contributed by atoms with E-state index in [-0.39, 0.29) is 12.1 Å². The van der Waals surface area contributed by atoms with Crippen LogP contribution in [0.25, 0.3) is 10.9 Å². The Hall–Kier alpha value is -1.89. The number of halogens is 2. The Labute approximate surface area is 158 Å². The minimum Gasteiger partial charge on any atom is -0.389 e. The number of nitrogens with zero attached hydrogens (tertiary/aromatic N) is 2. The fourth-order valence-corrected chi connectivity index (χ4v) is 2.98. The van der Waals surface area contributed by atoms with Crippen molar-refractivity contribution in [3.63, 3.8) is 0 Å². The van der Waals surface area contributed by atoms with E-state index in [1.807, 2.05) is 31.2 Å². The predicted molar refractivity (Wildman–Crippen MR) is 104 cm³/mol. The van der Waals surface area contributed by atoms with Crippen molar-refractivity contribution in [1.29, 1.82) is 0 Å². The minimum atomic E-state index is -0.732. The molecule has 0 spiro atoms. The molecule has 1 heterocycles. The van der Waals surface area contributed by atoms with E-state index in [0.717, 1.165) is 5.69 Å². The molecule has 0 radical (unpaired) electrons. The van der Waals surface area contributed by atoms with Gasteiger partial charge in [0, 0.05) is 16.7 Å². The molecule has 3 aromatic rings. The summed E-state index contributed by atoms with van der Waals surface area (Å²) >= 11 is 9.38. The Kier molecular flexibility index (Phi) is 5.42. The van der Waals surface area contributed by atoms with Crippen molar-refractivity contribution >= 4 is 44.1 Å². The van der Waals surface area contributed by atoms with Crippen LogP contribution >= 0.6 is 27.5 Å². The van der Waals surface area contributed by atoms with Crippen LogP contribution in [0, 0.1) is 6.92 Å². The second kappa shape index (κ2) is 7.56. The van der Waals surface area contributed by atoms with Crippen LogP contribution in [-0.2, 0) is 6.54 Å². The lowest BCUT2D eigenvalue weighted by Gasteiger charge is -2.15. The van der Waals surface area contributed by atoms with E-state index in [0.29, 0.717) is 26.9 Å². The summed E-state index contributed by atoms with van der Waals surface area (Å²) in [6.45, 7) is 2.49. The topological polar surface area (TPSA) is 67.2 Å². The third-order valence-electron chi connectivity index (χ3n) is 3.87. The standard InChI is InChI=1S/C18H17BrClN3O2/c1-11-2-4-12(5-3-11)21-8-13(24)9-23-10-22-17-7-15(19)16(20)6-14(17)18(23)25/h2-7,10,13,21,24H,8-9H2,1H3/t13-/m0/s1. The monoisotopic (exact) mass is 421 g/mol. The van der Waals surface area contributed by atoms with Crippen molar-refractivity contribution < 1.29 is 5.11 Å². The van der Waals surface area contributed by atoms with E-state index in [2.05, 4.69) is 26.2 Å². The molecule has 2 aromatic carbocycles. The van der Waals surface area contributed by atoms with Gasteiger partial charge in [0.05, 0.1) is 34.9 Å². The molecular weight excluding hydrogens is 406 g/mol. The highest BCUT2D eigenvalue weighted by atomic mass is 79.9. The molecule has 0 unspecified atom stereocenters. The molecule has 0 aliphatic rings. The molecule has 0 aliphatic carbocycles. The first-order valence-corrected chi connectivity index (χ1v) is 8.94.